The summed E-state index contributed by atoms with van der Waals surface area (Å²) in [4.78, 5) is 71.4. The van der Waals surface area contributed by atoms with E-state index in [-0.39, 0.29) is 58.0 Å². The molecule has 5 aromatic heterocycles. The average molecular weight is 1570 g/mol. The average Bonchev–Trinajstić information content (AvgIpc) is 1.69. The van der Waals surface area contributed by atoms with E-state index in [1.165, 1.54) is 92.8 Å². The van der Waals surface area contributed by atoms with Crippen molar-refractivity contribution in [2.75, 3.05) is 77.9 Å². The summed E-state index contributed by atoms with van der Waals surface area (Å²) < 4.78 is 75.6. The van der Waals surface area contributed by atoms with Crippen LogP contribution in [0.5, 0.6) is 0 Å². The topological polar surface area (TPSA) is 123 Å². The Bertz CT molecular complexity index is 5070. The van der Waals surface area contributed by atoms with Crippen molar-refractivity contribution in [2.45, 2.75) is 148 Å². The van der Waals surface area contributed by atoms with Crippen molar-refractivity contribution in [1.29, 1.82) is 0 Å². The number of benzene rings is 6. The minimum Gasteiger partial charge on any atom is -0.367 e. The Morgan fingerprint density at radius 2 is 0.670 bits per heavy atom. The van der Waals surface area contributed by atoms with Crippen LogP contribution in [0.25, 0.3) is 28.4 Å². The first-order valence-corrected chi connectivity index (χ1v) is 40.1. The Morgan fingerprint density at radius 3 is 0.974 bits per heavy atom. The van der Waals surface area contributed by atoms with Gasteiger partial charge in [-0.1, -0.05) is 58.7 Å². The van der Waals surface area contributed by atoms with Gasteiger partial charge in [0.25, 0.3) is 0 Å². The summed E-state index contributed by atoms with van der Waals surface area (Å²) in [5, 5.41) is 0. The highest BCUT2D eigenvalue weighted by molar-refractivity contribution is 6.02. The lowest BCUT2D eigenvalue weighted by Gasteiger charge is -2.29. The zero-order valence-corrected chi connectivity index (χ0v) is 70.0. The molecule has 115 heavy (non-hydrogen) atoms. The smallest absolute Gasteiger partial charge is 0.183 e. The maximum Gasteiger partial charge on any atom is 0.183 e. The molecule has 13 rings (SSSR count). The number of para-hydroxylation sites is 1. The van der Waals surface area contributed by atoms with Crippen LogP contribution < -0.4 is 4.90 Å². The third-order valence-corrected chi connectivity index (χ3v) is 21.9. The van der Waals surface area contributed by atoms with Crippen molar-refractivity contribution in [3.8, 4) is 28.4 Å². The van der Waals surface area contributed by atoms with E-state index in [0.717, 1.165) is 165 Å². The number of Topliss-reactive ketones (excluding diaryl/α,β-unsaturated/α-hetero) is 5. The lowest BCUT2D eigenvalue weighted by atomic mass is 9.99. The molecule has 7 heterocycles. The summed E-state index contributed by atoms with van der Waals surface area (Å²) >= 11 is 0. The molecule has 0 radical (unpaired) electrons. The highest BCUT2D eigenvalue weighted by Gasteiger charge is 2.26. The van der Waals surface area contributed by atoms with Crippen molar-refractivity contribution in [2.24, 2.45) is 11.8 Å². The van der Waals surface area contributed by atoms with Crippen LogP contribution in [0.2, 0.25) is 0 Å². The highest BCUT2D eigenvalue weighted by atomic mass is 19.1. The van der Waals surface area contributed by atoms with E-state index in [9.17, 15) is 45.9 Å². The molecule has 0 aliphatic carbocycles. The Morgan fingerprint density at radius 1 is 0.383 bits per heavy atom. The number of nitrogens with zero attached hydrogens (tertiary/aromatic N) is 9. The molecule has 0 saturated carbocycles. The minimum absolute atomic E-state index is 0.0628. The van der Waals surface area contributed by atoms with Gasteiger partial charge >= 0.3 is 0 Å². The number of likely N-dealkylation sites (tertiary alicyclic amines) is 2. The summed E-state index contributed by atoms with van der Waals surface area (Å²) in [5.74, 6) is 0.814. The van der Waals surface area contributed by atoms with Gasteiger partial charge in [0, 0.05) is 132 Å². The van der Waals surface area contributed by atoms with Gasteiger partial charge in [-0.2, -0.15) is 0 Å². The van der Waals surface area contributed by atoms with Crippen LogP contribution in [0.4, 0.5) is 27.6 Å². The van der Waals surface area contributed by atoms with Gasteiger partial charge in [-0.3, -0.25) is 38.7 Å². The number of aromatic nitrogens is 5. The molecular formula is C96H114F5N9O5. The number of piperidine rings is 2. The molecule has 608 valence electrons. The SMILES string of the molecule is CCN(C)CC(=O)c1cc(C)n(-c2ccc(F)cc2)c1C.Cc1cc(C(=O)CCCC(C)C)c(C)n1-c1ccc(F)cc1.Cc1cc(C(=O)CN(C)c2ccccc2)c(C)n1-c1ccc(F)cc1.Cc1cc(C(=O)CN2CCC(C)CC2)c(C)n1-c1ccc(F)cc1.Cc1cc(C(=O)CN2CCCCC2)c(C)n1-c1ccc(F)cc1. The molecule has 6 aromatic carbocycles. The number of hydrogen-bond acceptors (Lipinski definition) is 9. The second kappa shape index (κ2) is 41.1. The molecule has 2 aliphatic rings. The maximum atomic E-state index is 13.2. The van der Waals surface area contributed by atoms with Crippen LogP contribution >= 0.6 is 0 Å². The third-order valence-electron chi connectivity index (χ3n) is 21.9. The second-order valence-electron chi connectivity index (χ2n) is 31.2. The molecule has 0 N–H and O–H groups in total. The Kier molecular flexibility index (Phi) is 31.6. The van der Waals surface area contributed by atoms with Crippen LogP contribution in [0.3, 0.4) is 0 Å². The largest absolute Gasteiger partial charge is 0.367 e. The van der Waals surface area contributed by atoms with Gasteiger partial charge in [0.1, 0.15) is 29.1 Å². The molecule has 2 aliphatic heterocycles. The number of aryl methyl sites for hydroxylation is 5. The molecule has 11 aromatic rings. The van der Waals surface area contributed by atoms with Crippen LogP contribution in [-0.4, -0.2) is 139 Å². The molecule has 0 atom stereocenters. The number of hydrogen-bond donors (Lipinski definition) is 0. The first-order valence-electron chi connectivity index (χ1n) is 40.1. The Hall–Kier alpha value is -10.6. The number of carbonyl (C=O) groups is 5. The van der Waals surface area contributed by atoms with E-state index in [4.69, 9.17) is 0 Å². The molecule has 2 saturated heterocycles. The van der Waals surface area contributed by atoms with Crippen molar-refractivity contribution in [1.82, 2.24) is 37.5 Å². The van der Waals surface area contributed by atoms with Crippen LogP contribution in [-0.2, 0) is 0 Å². The number of carbonyl (C=O) groups excluding carboxylic acids is 5. The molecule has 0 amide bonds. The van der Waals surface area contributed by atoms with Gasteiger partial charge in [-0.15, -0.1) is 0 Å². The van der Waals surface area contributed by atoms with E-state index in [1.54, 1.807) is 60.7 Å². The second-order valence-corrected chi connectivity index (χ2v) is 31.2. The van der Waals surface area contributed by atoms with Crippen molar-refractivity contribution >= 4 is 34.6 Å². The molecule has 0 bridgehead atoms. The maximum absolute atomic E-state index is 13.2. The van der Waals surface area contributed by atoms with Gasteiger partial charge in [0.05, 0.1) is 26.2 Å². The van der Waals surface area contributed by atoms with Gasteiger partial charge < -0.3 is 27.7 Å². The summed E-state index contributed by atoms with van der Waals surface area (Å²) in [6.07, 6.45) is 8.56. The fraction of sp³-hybridized carbons (Fsp3) is 0.365. The lowest BCUT2D eigenvalue weighted by Crippen LogP contribution is -2.36. The summed E-state index contributed by atoms with van der Waals surface area (Å²) in [7, 11) is 3.84. The van der Waals surface area contributed by atoms with E-state index < -0.39 is 0 Å². The van der Waals surface area contributed by atoms with Crippen LogP contribution in [0.1, 0.15) is 188 Å². The van der Waals surface area contributed by atoms with Gasteiger partial charge in [0.2, 0.25) is 0 Å². The standard InChI is InChI=1S/C21H21FN2O.C20H25FN2O.C19H23FN2O.C19H24FNO.C17H21FN2O/c1-15-13-20(16(2)24(15)19-11-9-17(22)10-12-19)21(25)14-23(3)18-7-5-4-6-8-18;1-14-8-10-22(11-9-14)13-20(24)19-12-15(2)23(16(19)3)18-6-4-17(21)5-7-18;1-14-12-18(19(23)13-21-10-4-3-5-11-21)15(2)22(14)17-8-6-16(20)7-9-17;1-13(2)6-5-7-19(22)18-12-14(3)21(15(18)4)17-10-8-16(20)9-11-17;1-5-19(4)11-17(21)16-10-12(2)20(13(16)3)15-8-6-14(18)7-9-15/h4-13H,14H2,1-3H3;4-7,12,14H,8-11,13H2,1-3H3;6-9,12H,3-5,10-11,13H2,1-2H3;8-13H,5-7H2,1-4H3;6-10H,5,11H2,1-4H3. The van der Waals surface area contributed by atoms with E-state index in [0.29, 0.717) is 44.1 Å². The highest BCUT2D eigenvalue weighted by Crippen LogP contribution is 2.30. The predicted octanol–water partition coefficient (Wildman–Crippen LogP) is 21.2. The lowest BCUT2D eigenvalue weighted by molar-refractivity contribution is 0.0895. The predicted molar refractivity (Wildman–Crippen MR) is 454 cm³/mol. The number of ketones is 5. The molecule has 0 spiro atoms. The third kappa shape index (κ3) is 23.3. The minimum atomic E-state index is -0.271. The molecule has 14 nitrogen and oxygen atoms in total. The Balaban J connectivity index is 0.000000165. The molecule has 0 unspecified atom stereocenters. The first kappa shape index (κ1) is 88.4. The van der Waals surface area contributed by atoms with Crippen molar-refractivity contribution in [3.63, 3.8) is 0 Å². The van der Waals surface area contributed by atoms with Gasteiger partial charge in [0.15, 0.2) is 28.9 Å². The van der Waals surface area contributed by atoms with Crippen molar-refractivity contribution < 1.29 is 45.9 Å². The number of halogens is 5. The van der Waals surface area contributed by atoms with E-state index in [2.05, 4.69) is 30.6 Å². The number of rotatable bonds is 24. The fourth-order valence-electron chi connectivity index (χ4n) is 15.4. The summed E-state index contributed by atoms with van der Waals surface area (Å²) in [6.45, 7) is 34.8. The fourth-order valence-corrected chi connectivity index (χ4v) is 15.4. The monoisotopic (exact) mass is 1570 g/mol. The molecular weight excluding hydrogens is 1450 g/mol. The number of likely N-dealkylation sites (N-methyl/N-ethyl adjacent to an activating group) is 2. The van der Waals surface area contributed by atoms with Crippen LogP contribution in [0, 0.1) is 110 Å². The van der Waals surface area contributed by atoms with E-state index >= 15 is 0 Å². The quantitative estimate of drug-likeness (QED) is 0.0430. The summed E-state index contributed by atoms with van der Waals surface area (Å²) in [5.41, 5.74) is 18.6. The van der Waals surface area contributed by atoms with Crippen molar-refractivity contribution in [3.05, 3.63) is 296 Å². The summed E-state index contributed by atoms with van der Waals surface area (Å²) in [6, 6.07) is 51.2. The molecule has 19 heteroatoms. The number of anilines is 1. The zero-order chi connectivity index (χ0) is 83.5. The van der Waals surface area contributed by atoms with Crippen LogP contribution in [0.15, 0.2) is 182 Å². The normalized spacial score (nSPS) is 13.1. The molecule has 2 fully saturated rings. The Labute approximate surface area is 676 Å². The van der Waals surface area contributed by atoms with Gasteiger partial charge in [-0.05, 0) is 317 Å². The van der Waals surface area contributed by atoms with Gasteiger partial charge in [-0.25, -0.2) is 22.0 Å². The van der Waals surface area contributed by atoms with E-state index in [1.807, 2.05) is 184 Å². The first-order chi connectivity index (χ1) is 54.8. The zero-order valence-electron chi connectivity index (χ0n) is 70.0.